The molecule has 0 aromatic heterocycles. The molecule has 44 valence electrons. The van der Waals surface area contributed by atoms with Crippen LogP contribution in [0.4, 0.5) is 0 Å². The summed E-state index contributed by atoms with van der Waals surface area (Å²) in [6, 6.07) is 0. The molecular formula is C5H7NO2. The van der Waals surface area contributed by atoms with Crippen LogP contribution >= 0.6 is 0 Å². The highest BCUT2D eigenvalue weighted by Gasteiger charge is 1.83. The zero-order valence-corrected chi connectivity index (χ0v) is 4.41. The molecule has 0 spiro atoms. The van der Waals surface area contributed by atoms with Gasteiger partial charge in [-0.25, -0.2) is 0 Å². The molecule has 0 amide bonds. The number of nitrogens with zero attached hydrogens (tertiary/aromatic N) is 1. The predicted octanol–water partition coefficient (Wildman–Crippen LogP) is 1.01. The average Bonchev–Trinajstić information content (AvgIpc) is 1.66. The highest BCUT2D eigenvalue weighted by atomic mass is 16.6. The van der Waals surface area contributed by atoms with Gasteiger partial charge in [0, 0.05) is 4.92 Å². The van der Waals surface area contributed by atoms with Gasteiger partial charge in [0.2, 0.25) is 6.54 Å². The van der Waals surface area contributed by atoms with Crippen LogP contribution in [0.3, 0.4) is 0 Å². The quantitative estimate of drug-likeness (QED) is 0.311. The van der Waals surface area contributed by atoms with Gasteiger partial charge < -0.3 is 0 Å². The highest BCUT2D eigenvalue weighted by Crippen LogP contribution is 1.73. The Morgan fingerprint density at radius 1 is 1.75 bits per heavy atom. The molecule has 0 saturated heterocycles. The summed E-state index contributed by atoms with van der Waals surface area (Å²) in [5.41, 5.74) is 0. The Morgan fingerprint density at radius 2 is 2.38 bits per heavy atom. The van der Waals surface area contributed by atoms with Crippen molar-refractivity contribution in [3.05, 3.63) is 34.9 Å². The average molecular weight is 113 g/mol. The van der Waals surface area contributed by atoms with E-state index in [9.17, 15) is 10.1 Å². The molecule has 3 heteroatoms. The van der Waals surface area contributed by atoms with Crippen molar-refractivity contribution < 1.29 is 4.92 Å². The molecule has 8 heavy (non-hydrogen) atoms. The van der Waals surface area contributed by atoms with Crippen LogP contribution in [0.1, 0.15) is 0 Å². The third-order valence-electron chi connectivity index (χ3n) is 0.527. The van der Waals surface area contributed by atoms with Gasteiger partial charge in [-0.2, -0.15) is 0 Å². The Bertz CT molecular complexity index is 118. The zero-order chi connectivity index (χ0) is 6.41. The Labute approximate surface area is 47.5 Å². The van der Waals surface area contributed by atoms with Crippen LogP contribution in [0.5, 0.6) is 0 Å². The van der Waals surface area contributed by atoms with Gasteiger partial charge in [0.15, 0.2) is 0 Å². The largest absolute Gasteiger partial charge is 0.264 e. The first-order chi connectivity index (χ1) is 3.77. The van der Waals surface area contributed by atoms with Gasteiger partial charge in [-0.1, -0.05) is 18.7 Å². The first-order valence-electron chi connectivity index (χ1n) is 2.16. The summed E-state index contributed by atoms with van der Waals surface area (Å²) in [4.78, 5) is 9.19. The standard InChI is InChI=1S/C5H7NO2/c1-2-3-4-5-6(7)8/h2-4H,1,5H2/b4-3-. The second-order valence-electron chi connectivity index (χ2n) is 1.18. The van der Waals surface area contributed by atoms with E-state index in [4.69, 9.17) is 0 Å². The summed E-state index contributed by atoms with van der Waals surface area (Å²) in [6.07, 6.45) is 4.49. The minimum Gasteiger partial charge on any atom is -0.264 e. The van der Waals surface area contributed by atoms with Crippen molar-refractivity contribution in [3.63, 3.8) is 0 Å². The fourth-order valence-electron chi connectivity index (χ4n) is 0.243. The molecule has 0 rings (SSSR count). The lowest BCUT2D eigenvalue weighted by Gasteiger charge is -1.78. The van der Waals surface area contributed by atoms with Crippen LogP contribution in [0.15, 0.2) is 24.8 Å². The Morgan fingerprint density at radius 3 is 2.75 bits per heavy atom. The van der Waals surface area contributed by atoms with Crippen LogP contribution in [-0.2, 0) is 0 Å². The smallest absolute Gasteiger partial charge is 0.222 e. The van der Waals surface area contributed by atoms with E-state index in [-0.39, 0.29) is 6.54 Å². The second-order valence-corrected chi connectivity index (χ2v) is 1.18. The van der Waals surface area contributed by atoms with Crippen molar-refractivity contribution in [1.82, 2.24) is 0 Å². The number of nitro groups is 1. The molecule has 0 aromatic rings. The normalized spacial score (nSPS) is 9.50. The minimum absolute atomic E-state index is 0.119. The molecule has 3 nitrogen and oxygen atoms in total. The fraction of sp³-hybridized carbons (Fsp3) is 0.200. The summed E-state index contributed by atoms with van der Waals surface area (Å²) in [5.74, 6) is 0. The summed E-state index contributed by atoms with van der Waals surface area (Å²) in [6.45, 7) is 3.23. The van der Waals surface area contributed by atoms with E-state index in [2.05, 4.69) is 6.58 Å². The Hall–Kier alpha value is -1.12. The maximum atomic E-state index is 9.59. The van der Waals surface area contributed by atoms with Crippen molar-refractivity contribution in [1.29, 1.82) is 0 Å². The van der Waals surface area contributed by atoms with Crippen molar-refractivity contribution in [2.75, 3.05) is 6.54 Å². The molecule has 0 aliphatic carbocycles. The molecule has 0 aliphatic heterocycles. The molecule has 0 heterocycles. The molecule has 0 unspecified atom stereocenters. The fourth-order valence-corrected chi connectivity index (χ4v) is 0.243. The van der Waals surface area contributed by atoms with Gasteiger partial charge >= 0.3 is 0 Å². The third kappa shape index (κ3) is 4.88. The van der Waals surface area contributed by atoms with Crippen LogP contribution in [0.2, 0.25) is 0 Å². The highest BCUT2D eigenvalue weighted by molar-refractivity contribution is 4.96. The summed E-state index contributed by atoms with van der Waals surface area (Å²) >= 11 is 0. The molecule has 0 atom stereocenters. The van der Waals surface area contributed by atoms with Gasteiger partial charge in [0.25, 0.3) is 0 Å². The number of rotatable bonds is 3. The number of hydrogen-bond donors (Lipinski definition) is 0. The lowest BCUT2D eigenvalue weighted by atomic mass is 10.5. The second kappa shape index (κ2) is 4.05. The number of hydrogen-bond acceptors (Lipinski definition) is 2. The lowest BCUT2D eigenvalue weighted by molar-refractivity contribution is -0.468. The molecular weight excluding hydrogens is 106 g/mol. The maximum absolute atomic E-state index is 9.59. The first kappa shape index (κ1) is 6.88. The first-order valence-corrected chi connectivity index (χ1v) is 2.16. The van der Waals surface area contributed by atoms with Crippen molar-refractivity contribution in [2.45, 2.75) is 0 Å². The molecule has 0 aromatic carbocycles. The zero-order valence-electron chi connectivity index (χ0n) is 4.41. The van der Waals surface area contributed by atoms with Crippen molar-refractivity contribution >= 4 is 0 Å². The van der Waals surface area contributed by atoms with E-state index in [1.54, 1.807) is 6.08 Å². The van der Waals surface area contributed by atoms with Crippen LogP contribution in [0.25, 0.3) is 0 Å². The number of allylic oxidation sites excluding steroid dienone is 2. The molecule has 0 radical (unpaired) electrons. The van der Waals surface area contributed by atoms with E-state index in [1.807, 2.05) is 0 Å². The summed E-state index contributed by atoms with van der Waals surface area (Å²) < 4.78 is 0. The van der Waals surface area contributed by atoms with Gasteiger partial charge in [-0.3, -0.25) is 10.1 Å². The van der Waals surface area contributed by atoms with Crippen LogP contribution < -0.4 is 0 Å². The molecule has 0 bridgehead atoms. The SMILES string of the molecule is C=C/C=C\C[N+](=O)[O-]. The van der Waals surface area contributed by atoms with E-state index < -0.39 is 4.92 Å². The van der Waals surface area contributed by atoms with E-state index in [1.165, 1.54) is 12.2 Å². The summed E-state index contributed by atoms with van der Waals surface area (Å²) in [5, 5.41) is 9.59. The van der Waals surface area contributed by atoms with Gasteiger partial charge in [0.1, 0.15) is 0 Å². The maximum Gasteiger partial charge on any atom is 0.222 e. The molecule has 0 fully saturated rings. The monoisotopic (exact) mass is 113 g/mol. The van der Waals surface area contributed by atoms with Crippen molar-refractivity contribution in [3.8, 4) is 0 Å². The summed E-state index contributed by atoms with van der Waals surface area (Å²) in [7, 11) is 0. The Kier molecular flexibility index (Phi) is 3.48. The third-order valence-corrected chi connectivity index (χ3v) is 0.527. The van der Waals surface area contributed by atoms with Crippen LogP contribution in [-0.4, -0.2) is 11.5 Å². The lowest BCUT2D eigenvalue weighted by Crippen LogP contribution is -1.94. The van der Waals surface area contributed by atoms with Gasteiger partial charge in [-0.15, -0.1) is 0 Å². The van der Waals surface area contributed by atoms with E-state index in [0.29, 0.717) is 0 Å². The minimum atomic E-state index is -0.403. The van der Waals surface area contributed by atoms with Gasteiger partial charge in [0.05, 0.1) is 0 Å². The molecule has 0 aliphatic rings. The predicted molar refractivity (Wildman–Crippen MR) is 31.2 cm³/mol. The van der Waals surface area contributed by atoms with Crippen LogP contribution in [0, 0.1) is 10.1 Å². The Balaban J connectivity index is 3.29. The van der Waals surface area contributed by atoms with E-state index >= 15 is 0 Å². The molecule has 0 N–H and O–H groups in total. The van der Waals surface area contributed by atoms with E-state index in [0.717, 1.165) is 0 Å². The molecule has 0 saturated carbocycles. The van der Waals surface area contributed by atoms with Crippen molar-refractivity contribution in [2.24, 2.45) is 0 Å². The van der Waals surface area contributed by atoms with Gasteiger partial charge in [-0.05, 0) is 6.08 Å². The topological polar surface area (TPSA) is 43.1 Å².